The zero-order chi connectivity index (χ0) is 24.5. The lowest BCUT2D eigenvalue weighted by Crippen LogP contribution is -2.40. The fourth-order valence-corrected chi connectivity index (χ4v) is 4.18. The number of hydrogen-bond donors (Lipinski definition) is 2. The molecule has 1 aliphatic carbocycles. The van der Waals surface area contributed by atoms with Crippen molar-refractivity contribution in [2.75, 3.05) is 24.3 Å². The minimum Gasteiger partial charge on any atom is -0.362 e. The quantitative estimate of drug-likeness (QED) is 0.508. The van der Waals surface area contributed by atoms with Gasteiger partial charge in [0.2, 0.25) is 5.95 Å². The minimum atomic E-state index is -4.80. The maximum absolute atomic E-state index is 13.8. The van der Waals surface area contributed by atoms with Crippen LogP contribution < -0.4 is 15.5 Å². The SMILES string of the molecule is CN(C)c1nc(N[C@H]2CC[C@@H](NC(=O)c3ccc(C(F)(F)F)c(F)c3)CC2)nc2ccccc12. The summed E-state index contributed by atoms with van der Waals surface area (Å²) in [6, 6.07) is 9.97. The Labute approximate surface area is 194 Å². The molecule has 3 aromatic rings. The van der Waals surface area contributed by atoms with Gasteiger partial charge in [-0.25, -0.2) is 9.37 Å². The molecule has 6 nitrogen and oxygen atoms in total. The summed E-state index contributed by atoms with van der Waals surface area (Å²) in [5.41, 5.74) is -0.677. The molecule has 0 saturated heterocycles. The van der Waals surface area contributed by atoms with E-state index < -0.39 is 23.5 Å². The standard InChI is InChI=1S/C24H25F4N5O/c1-33(2)21-17-5-3-4-6-20(17)31-23(32-21)30-16-10-8-15(9-11-16)29-22(34)14-7-12-18(19(25)13-14)24(26,27)28/h3-7,12-13,15-16H,8-11H2,1-2H3,(H,29,34)(H,30,31,32)/t15-,16+. The van der Waals surface area contributed by atoms with Crippen molar-refractivity contribution in [2.24, 2.45) is 0 Å². The Morgan fingerprint density at radius 3 is 2.32 bits per heavy atom. The van der Waals surface area contributed by atoms with Gasteiger partial charge in [-0.3, -0.25) is 4.79 Å². The van der Waals surface area contributed by atoms with E-state index in [1.807, 2.05) is 43.3 Å². The summed E-state index contributed by atoms with van der Waals surface area (Å²) in [5.74, 6) is -0.689. The molecular formula is C24H25F4N5O. The molecule has 1 heterocycles. The first-order valence-corrected chi connectivity index (χ1v) is 11.0. The number of rotatable bonds is 5. The molecule has 1 aromatic heterocycles. The van der Waals surface area contributed by atoms with Crippen molar-refractivity contribution in [3.8, 4) is 0 Å². The van der Waals surface area contributed by atoms with Gasteiger partial charge in [0.1, 0.15) is 11.6 Å². The molecule has 0 atom stereocenters. The summed E-state index contributed by atoms with van der Waals surface area (Å²) < 4.78 is 52.0. The Kier molecular flexibility index (Phi) is 6.58. The van der Waals surface area contributed by atoms with Gasteiger partial charge in [-0.15, -0.1) is 0 Å². The van der Waals surface area contributed by atoms with Crippen LogP contribution in [0, 0.1) is 5.82 Å². The van der Waals surface area contributed by atoms with E-state index in [1.54, 1.807) is 0 Å². The van der Waals surface area contributed by atoms with E-state index in [9.17, 15) is 22.4 Å². The van der Waals surface area contributed by atoms with Crippen molar-refractivity contribution >= 4 is 28.6 Å². The fraction of sp³-hybridized carbons (Fsp3) is 0.375. The molecule has 1 aliphatic rings. The number of carbonyl (C=O) groups is 1. The van der Waals surface area contributed by atoms with Crippen molar-refractivity contribution in [3.63, 3.8) is 0 Å². The molecule has 0 spiro atoms. The summed E-state index contributed by atoms with van der Waals surface area (Å²) in [6.45, 7) is 0. The van der Waals surface area contributed by atoms with Crippen molar-refractivity contribution in [1.29, 1.82) is 0 Å². The molecule has 0 bridgehead atoms. The van der Waals surface area contributed by atoms with E-state index >= 15 is 0 Å². The van der Waals surface area contributed by atoms with Crippen molar-refractivity contribution in [1.82, 2.24) is 15.3 Å². The average molecular weight is 475 g/mol. The number of fused-ring (bicyclic) bond motifs is 1. The van der Waals surface area contributed by atoms with Gasteiger partial charge in [-0.1, -0.05) is 12.1 Å². The van der Waals surface area contributed by atoms with Gasteiger partial charge in [-0.2, -0.15) is 18.2 Å². The molecule has 1 fully saturated rings. The Balaban J connectivity index is 1.36. The zero-order valence-electron chi connectivity index (χ0n) is 18.8. The monoisotopic (exact) mass is 475 g/mol. The lowest BCUT2D eigenvalue weighted by atomic mass is 9.91. The predicted octanol–water partition coefficient (Wildman–Crippen LogP) is 5.01. The normalized spacial score (nSPS) is 18.5. The van der Waals surface area contributed by atoms with Crippen LogP contribution >= 0.6 is 0 Å². The van der Waals surface area contributed by atoms with E-state index in [1.165, 1.54) is 0 Å². The summed E-state index contributed by atoms with van der Waals surface area (Å²) in [5, 5.41) is 7.15. The van der Waals surface area contributed by atoms with Gasteiger partial charge in [0.25, 0.3) is 5.91 Å². The van der Waals surface area contributed by atoms with E-state index in [-0.39, 0.29) is 17.6 Å². The van der Waals surface area contributed by atoms with E-state index in [4.69, 9.17) is 0 Å². The Hall–Kier alpha value is -3.43. The summed E-state index contributed by atoms with van der Waals surface area (Å²) in [7, 11) is 3.85. The number of aromatic nitrogens is 2. The number of halogens is 4. The van der Waals surface area contributed by atoms with E-state index in [2.05, 4.69) is 20.6 Å². The highest BCUT2D eigenvalue weighted by Crippen LogP contribution is 2.32. The minimum absolute atomic E-state index is 0.118. The Morgan fingerprint density at radius 1 is 1.00 bits per heavy atom. The number of hydrogen-bond acceptors (Lipinski definition) is 5. The molecule has 1 saturated carbocycles. The topological polar surface area (TPSA) is 70.2 Å². The summed E-state index contributed by atoms with van der Waals surface area (Å²) >= 11 is 0. The molecule has 0 radical (unpaired) electrons. The number of amides is 1. The lowest BCUT2D eigenvalue weighted by Gasteiger charge is -2.30. The van der Waals surface area contributed by atoms with E-state index in [0.29, 0.717) is 30.9 Å². The average Bonchev–Trinajstić information content (AvgIpc) is 2.78. The zero-order valence-corrected chi connectivity index (χ0v) is 18.8. The first-order chi connectivity index (χ1) is 16.1. The van der Waals surface area contributed by atoms with Crippen LogP contribution in [0.1, 0.15) is 41.6 Å². The van der Waals surface area contributed by atoms with Crippen LogP contribution in [-0.4, -0.2) is 42.1 Å². The van der Waals surface area contributed by atoms with Crippen molar-refractivity contribution in [3.05, 3.63) is 59.4 Å². The molecular weight excluding hydrogens is 450 g/mol. The summed E-state index contributed by atoms with van der Waals surface area (Å²) in [6.07, 6.45) is -1.96. The number of nitrogens with one attached hydrogen (secondary N) is 2. The number of benzene rings is 2. The van der Waals surface area contributed by atoms with Gasteiger partial charge >= 0.3 is 6.18 Å². The smallest absolute Gasteiger partial charge is 0.362 e. The Morgan fingerprint density at radius 2 is 1.68 bits per heavy atom. The van der Waals surface area contributed by atoms with E-state index in [0.717, 1.165) is 35.6 Å². The van der Waals surface area contributed by atoms with Crippen molar-refractivity contribution in [2.45, 2.75) is 43.9 Å². The molecule has 10 heteroatoms. The fourth-order valence-electron chi connectivity index (χ4n) is 4.18. The molecule has 34 heavy (non-hydrogen) atoms. The van der Waals surface area contributed by atoms with Crippen LogP contribution in [0.25, 0.3) is 10.9 Å². The van der Waals surface area contributed by atoms with Gasteiger partial charge in [0.05, 0.1) is 11.1 Å². The molecule has 180 valence electrons. The first kappa shape index (κ1) is 23.7. The third kappa shape index (κ3) is 5.21. The second-order valence-corrected chi connectivity index (χ2v) is 8.64. The van der Waals surface area contributed by atoms with Gasteiger partial charge in [0, 0.05) is 37.1 Å². The van der Waals surface area contributed by atoms with Crippen LogP contribution in [0.15, 0.2) is 42.5 Å². The van der Waals surface area contributed by atoms with Gasteiger partial charge in [-0.05, 0) is 56.0 Å². The number of nitrogens with zero attached hydrogens (tertiary/aromatic N) is 3. The van der Waals surface area contributed by atoms with Gasteiger partial charge in [0.15, 0.2) is 0 Å². The number of alkyl halides is 3. The highest BCUT2D eigenvalue weighted by molar-refractivity contribution is 5.94. The van der Waals surface area contributed by atoms with Gasteiger partial charge < -0.3 is 15.5 Å². The maximum atomic E-state index is 13.8. The second-order valence-electron chi connectivity index (χ2n) is 8.64. The number of para-hydroxylation sites is 1. The summed E-state index contributed by atoms with van der Waals surface area (Å²) in [4.78, 5) is 23.6. The third-order valence-corrected chi connectivity index (χ3v) is 5.94. The van der Waals surface area contributed by atoms with Crippen LogP contribution in [0.5, 0.6) is 0 Å². The Bertz CT molecular complexity index is 1190. The third-order valence-electron chi connectivity index (χ3n) is 5.94. The lowest BCUT2D eigenvalue weighted by molar-refractivity contribution is -0.140. The van der Waals surface area contributed by atoms with Crippen LogP contribution in [0.2, 0.25) is 0 Å². The number of anilines is 2. The second kappa shape index (κ2) is 9.44. The predicted molar refractivity (Wildman–Crippen MR) is 122 cm³/mol. The number of carbonyl (C=O) groups excluding carboxylic acids is 1. The molecule has 2 aromatic carbocycles. The molecule has 0 unspecified atom stereocenters. The van der Waals surface area contributed by atoms with Crippen molar-refractivity contribution < 1.29 is 22.4 Å². The van der Waals surface area contributed by atoms with Crippen LogP contribution in [0.4, 0.5) is 29.3 Å². The molecule has 4 rings (SSSR count). The van der Waals surface area contributed by atoms with Crippen LogP contribution in [-0.2, 0) is 6.18 Å². The highest BCUT2D eigenvalue weighted by Gasteiger charge is 2.34. The molecule has 2 N–H and O–H groups in total. The molecule has 1 amide bonds. The maximum Gasteiger partial charge on any atom is 0.419 e. The first-order valence-electron chi connectivity index (χ1n) is 11.0. The van der Waals surface area contributed by atoms with Crippen LogP contribution in [0.3, 0.4) is 0 Å². The molecule has 0 aliphatic heterocycles. The largest absolute Gasteiger partial charge is 0.419 e. The highest BCUT2D eigenvalue weighted by atomic mass is 19.4.